The van der Waals surface area contributed by atoms with Gasteiger partial charge in [0, 0.05) is 5.54 Å². The van der Waals surface area contributed by atoms with Gasteiger partial charge >= 0.3 is 6.09 Å². The molecule has 1 aliphatic heterocycles. The van der Waals surface area contributed by atoms with Crippen LogP contribution in [-0.2, 0) is 17.6 Å². The summed E-state index contributed by atoms with van der Waals surface area (Å²) in [6.45, 7) is 13.8. The smallest absolute Gasteiger partial charge is 0.413 e. The zero-order chi connectivity index (χ0) is 22.9. The van der Waals surface area contributed by atoms with Crippen molar-refractivity contribution in [2.75, 3.05) is 13.2 Å². The van der Waals surface area contributed by atoms with Crippen LogP contribution in [0.15, 0.2) is 23.2 Å². The molecular formula is C26H43N3O2. The van der Waals surface area contributed by atoms with Gasteiger partial charge in [-0.3, -0.25) is 10.3 Å². The number of unbranched alkanes of at least 4 members (excludes halogenated alkanes) is 4. The van der Waals surface area contributed by atoms with E-state index in [9.17, 15) is 4.79 Å². The maximum atomic E-state index is 12.1. The van der Waals surface area contributed by atoms with Crippen LogP contribution in [0.3, 0.4) is 0 Å². The minimum Gasteiger partial charge on any atom is -0.450 e. The molecule has 5 heteroatoms. The van der Waals surface area contributed by atoms with E-state index < -0.39 is 6.09 Å². The quantitative estimate of drug-likeness (QED) is 0.437. The van der Waals surface area contributed by atoms with Gasteiger partial charge in [-0.25, -0.2) is 4.79 Å². The predicted molar refractivity (Wildman–Crippen MR) is 130 cm³/mol. The van der Waals surface area contributed by atoms with Crippen LogP contribution in [-0.4, -0.2) is 35.6 Å². The minimum absolute atomic E-state index is 0.125. The van der Waals surface area contributed by atoms with E-state index in [4.69, 9.17) is 9.73 Å². The fraction of sp³-hybridized carbons (Fsp3) is 0.692. The van der Waals surface area contributed by atoms with Crippen molar-refractivity contribution in [1.82, 2.24) is 10.2 Å². The average Bonchev–Trinajstić information content (AvgIpc) is 3.13. The van der Waals surface area contributed by atoms with Crippen molar-refractivity contribution >= 4 is 12.1 Å². The molecule has 0 bridgehead atoms. The van der Waals surface area contributed by atoms with Crippen LogP contribution in [0, 0.1) is 0 Å². The number of aryl methyl sites for hydroxylation is 2. The van der Waals surface area contributed by atoms with Crippen molar-refractivity contribution in [3.05, 3.63) is 34.9 Å². The molecule has 1 aromatic rings. The van der Waals surface area contributed by atoms with E-state index in [1.54, 1.807) is 0 Å². The van der Waals surface area contributed by atoms with Crippen LogP contribution in [0.5, 0.6) is 0 Å². The van der Waals surface area contributed by atoms with Gasteiger partial charge in [-0.2, -0.15) is 0 Å². The lowest BCUT2D eigenvalue weighted by molar-refractivity contribution is 0.151. The number of aliphatic imine (C=N–C) groups is 1. The van der Waals surface area contributed by atoms with Gasteiger partial charge in [-0.05, 0) is 70.1 Å². The number of alkyl carbamates (subject to hydrolysis) is 1. The van der Waals surface area contributed by atoms with Gasteiger partial charge in [0.25, 0.3) is 0 Å². The molecule has 31 heavy (non-hydrogen) atoms. The number of benzene rings is 1. The Balaban J connectivity index is 2.34. The van der Waals surface area contributed by atoms with Crippen molar-refractivity contribution in [2.24, 2.45) is 4.99 Å². The largest absolute Gasteiger partial charge is 0.450 e. The number of ether oxygens (including phenoxy) is 1. The van der Waals surface area contributed by atoms with E-state index in [-0.39, 0.29) is 11.6 Å². The summed E-state index contributed by atoms with van der Waals surface area (Å²) in [4.78, 5) is 19.1. The van der Waals surface area contributed by atoms with Gasteiger partial charge in [0.15, 0.2) is 0 Å². The lowest BCUT2D eigenvalue weighted by Gasteiger charge is -2.40. The van der Waals surface area contributed by atoms with Gasteiger partial charge < -0.3 is 9.64 Å². The third-order valence-corrected chi connectivity index (χ3v) is 5.85. The SMILES string of the molecule is CCCCCc1ccc(CCCCC)c(C2CN=C(NC(=O)OCC)N2C(C)(C)C)c1. The first-order valence-corrected chi connectivity index (χ1v) is 12.2. The van der Waals surface area contributed by atoms with Gasteiger partial charge in [0.1, 0.15) is 0 Å². The molecule has 1 aromatic carbocycles. The monoisotopic (exact) mass is 429 g/mol. The Kier molecular flexibility index (Phi) is 9.86. The molecule has 1 aliphatic rings. The molecule has 1 unspecified atom stereocenters. The van der Waals surface area contributed by atoms with E-state index in [1.807, 2.05) is 6.92 Å². The normalized spacial score (nSPS) is 16.4. The Hall–Kier alpha value is -2.04. The molecule has 0 radical (unpaired) electrons. The third-order valence-electron chi connectivity index (χ3n) is 5.85. The summed E-state index contributed by atoms with van der Waals surface area (Å²) in [5, 5.41) is 2.88. The Bertz CT molecular complexity index is 737. The van der Waals surface area contributed by atoms with Gasteiger partial charge in [-0.15, -0.1) is 0 Å². The van der Waals surface area contributed by atoms with E-state index in [0.29, 0.717) is 19.1 Å². The zero-order valence-corrected chi connectivity index (χ0v) is 20.6. The Morgan fingerprint density at radius 1 is 1.10 bits per heavy atom. The number of hydrogen-bond donors (Lipinski definition) is 1. The maximum absolute atomic E-state index is 12.1. The number of amides is 1. The van der Waals surface area contributed by atoms with Crippen LogP contribution in [0.1, 0.15) is 103 Å². The second-order valence-electron chi connectivity index (χ2n) is 9.51. The number of carbonyl (C=O) groups excluding carboxylic acids is 1. The fourth-order valence-corrected chi connectivity index (χ4v) is 4.34. The molecule has 1 amide bonds. The molecule has 174 valence electrons. The topological polar surface area (TPSA) is 53.9 Å². The highest BCUT2D eigenvalue weighted by atomic mass is 16.5. The van der Waals surface area contributed by atoms with E-state index in [2.05, 4.69) is 63.0 Å². The zero-order valence-electron chi connectivity index (χ0n) is 20.6. The molecule has 5 nitrogen and oxygen atoms in total. The van der Waals surface area contributed by atoms with Gasteiger partial charge in [0.2, 0.25) is 5.96 Å². The van der Waals surface area contributed by atoms with Crippen molar-refractivity contribution in [3.63, 3.8) is 0 Å². The van der Waals surface area contributed by atoms with Gasteiger partial charge in [-0.1, -0.05) is 57.7 Å². The lowest BCUT2D eigenvalue weighted by Crippen LogP contribution is -2.51. The first-order valence-electron chi connectivity index (χ1n) is 12.2. The molecule has 0 spiro atoms. The summed E-state index contributed by atoms with van der Waals surface area (Å²) in [6.07, 6.45) is 9.17. The average molecular weight is 430 g/mol. The first kappa shape index (κ1) is 25.2. The Labute approximate surface area is 189 Å². The lowest BCUT2D eigenvalue weighted by atomic mass is 9.90. The number of nitrogens with zero attached hydrogens (tertiary/aromatic N) is 2. The number of guanidine groups is 1. The first-order chi connectivity index (χ1) is 14.8. The van der Waals surface area contributed by atoms with Crippen LogP contribution in [0.4, 0.5) is 4.79 Å². The molecule has 1 atom stereocenters. The molecule has 0 saturated heterocycles. The van der Waals surface area contributed by atoms with Crippen molar-refractivity contribution < 1.29 is 9.53 Å². The predicted octanol–water partition coefficient (Wildman–Crippen LogP) is 6.41. The van der Waals surface area contributed by atoms with Gasteiger partial charge in [0.05, 0.1) is 19.2 Å². The summed E-state index contributed by atoms with van der Waals surface area (Å²) in [5.74, 6) is 0.617. The molecule has 1 N–H and O–H groups in total. The number of hydrogen-bond acceptors (Lipinski definition) is 4. The number of carbonyl (C=O) groups is 1. The van der Waals surface area contributed by atoms with Crippen LogP contribution < -0.4 is 5.32 Å². The summed E-state index contributed by atoms with van der Waals surface area (Å²) in [6, 6.07) is 7.18. The molecular weight excluding hydrogens is 386 g/mol. The van der Waals surface area contributed by atoms with Crippen molar-refractivity contribution in [3.8, 4) is 0 Å². The van der Waals surface area contributed by atoms with E-state index in [0.717, 1.165) is 12.8 Å². The maximum Gasteiger partial charge on any atom is 0.413 e. The molecule has 0 aromatic heterocycles. The van der Waals surface area contributed by atoms with Crippen LogP contribution in [0.2, 0.25) is 0 Å². The molecule has 0 saturated carbocycles. The molecule has 0 aliphatic carbocycles. The second-order valence-corrected chi connectivity index (χ2v) is 9.51. The van der Waals surface area contributed by atoms with Crippen LogP contribution in [0.25, 0.3) is 0 Å². The van der Waals surface area contributed by atoms with E-state index in [1.165, 1.54) is 55.2 Å². The third kappa shape index (κ3) is 7.26. The highest BCUT2D eigenvalue weighted by Crippen LogP contribution is 2.35. The summed E-state index contributed by atoms with van der Waals surface area (Å²) < 4.78 is 5.11. The van der Waals surface area contributed by atoms with E-state index >= 15 is 0 Å². The number of rotatable bonds is 10. The highest BCUT2D eigenvalue weighted by molar-refractivity contribution is 5.95. The van der Waals surface area contributed by atoms with Crippen LogP contribution >= 0.6 is 0 Å². The van der Waals surface area contributed by atoms with Crippen molar-refractivity contribution in [1.29, 1.82) is 0 Å². The fourth-order valence-electron chi connectivity index (χ4n) is 4.34. The molecule has 1 heterocycles. The molecule has 0 fully saturated rings. The summed E-state index contributed by atoms with van der Waals surface area (Å²) in [7, 11) is 0. The number of nitrogens with one attached hydrogen (secondary N) is 1. The Morgan fingerprint density at radius 3 is 2.39 bits per heavy atom. The highest BCUT2D eigenvalue weighted by Gasteiger charge is 2.38. The summed E-state index contributed by atoms with van der Waals surface area (Å²) >= 11 is 0. The van der Waals surface area contributed by atoms with Crippen molar-refractivity contribution in [2.45, 2.75) is 104 Å². The Morgan fingerprint density at radius 2 is 1.77 bits per heavy atom. The molecule has 2 rings (SSSR count). The standard InChI is InChI=1S/C26H43N3O2/c1-7-10-12-14-20-16-17-21(15-13-11-8-2)22(18-20)23-19-27-24(28-25(30)31-9-3)29(23)26(4,5)6/h16-18,23H,7-15,19H2,1-6H3,(H,27,28,30). The minimum atomic E-state index is -0.437. The second kappa shape index (κ2) is 12.1. The summed E-state index contributed by atoms with van der Waals surface area (Å²) in [5.41, 5.74) is 4.01.